The van der Waals surface area contributed by atoms with Crippen molar-refractivity contribution in [2.75, 3.05) is 19.7 Å². The van der Waals surface area contributed by atoms with Crippen LogP contribution in [0.4, 0.5) is 0 Å². The molecule has 0 aromatic heterocycles. The number of amides is 1. The van der Waals surface area contributed by atoms with E-state index in [0.29, 0.717) is 12.6 Å². The van der Waals surface area contributed by atoms with Gasteiger partial charge in [-0.25, -0.2) is 0 Å². The average Bonchev–Trinajstić information content (AvgIpc) is 2.70. The van der Waals surface area contributed by atoms with Crippen LogP contribution in [0.25, 0.3) is 0 Å². The Morgan fingerprint density at radius 1 is 1.50 bits per heavy atom. The molecule has 0 aliphatic carbocycles. The molecule has 0 spiro atoms. The zero-order valence-corrected chi connectivity index (χ0v) is 10.6. The molecule has 1 unspecified atom stereocenters. The topological polar surface area (TPSA) is 50.4 Å². The van der Waals surface area contributed by atoms with E-state index >= 15 is 0 Å². The summed E-state index contributed by atoms with van der Waals surface area (Å²) >= 11 is 0. The molecule has 94 valence electrons. The first-order valence-corrected chi connectivity index (χ1v) is 6.21. The third kappa shape index (κ3) is 4.10. The summed E-state index contributed by atoms with van der Waals surface area (Å²) in [6.45, 7) is 8.18. The van der Waals surface area contributed by atoms with Gasteiger partial charge in [0.05, 0.1) is 11.6 Å². The predicted octanol–water partition coefficient (Wildman–Crippen LogP) is 1.06. The van der Waals surface area contributed by atoms with E-state index < -0.39 is 5.54 Å². The van der Waals surface area contributed by atoms with Crippen LogP contribution >= 0.6 is 0 Å². The van der Waals surface area contributed by atoms with Crippen molar-refractivity contribution < 1.29 is 9.53 Å². The Morgan fingerprint density at radius 3 is 2.81 bits per heavy atom. The first-order chi connectivity index (χ1) is 7.56. The predicted molar refractivity (Wildman–Crippen MR) is 64.4 cm³/mol. The number of rotatable bonds is 6. The highest BCUT2D eigenvalue weighted by Crippen LogP contribution is 2.14. The lowest BCUT2D eigenvalue weighted by atomic mass is 10.0. The molecule has 0 bridgehead atoms. The Labute approximate surface area is 98.1 Å². The van der Waals surface area contributed by atoms with Crippen molar-refractivity contribution in [3.05, 3.63) is 0 Å². The molecule has 0 aromatic rings. The van der Waals surface area contributed by atoms with Crippen molar-refractivity contribution in [1.29, 1.82) is 0 Å². The van der Waals surface area contributed by atoms with Crippen LogP contribution in [0.3, 0.4) is 0 Å². The van der Waals surface area contributed by atoms with Gasteiger partial charge in [0.2, 0.25) is 5.91 Å². The lowest BCUT2D eigenvalue weighted by molar-refractivity contribution is -0.126. The summed E-state index contributed by atoms with van der Waals surface area (Å²) in [5.74, 6) is 0.0624. The largest absolute Gasteiger partial charge is 0.378 e. The highest BCUT2D eigenvalue weighted by molar-refractivity contribution is 5.85. The van der Waals surface area contributed by atoms with E-state index in [9.17, 15) is 4.79 Å². The Kier molecular flexibility index (Phi) is 5.22. The Balaban J connectivity index is 2.18. The zero-order chi connectivity index (χ0) is 12.0. The first-order valence-electron chi connectivity index (χ1n) is 6.21. The molecular formula is C12H24N2O2. The number of nitrogens with one attached hydrogen (secondary N) is 2. The molecule has 0 radical (unpaired) electrons. The molecule has 2 N–H and O–H groups in total. The summed E-state index contributed by atoms with van der Waals surface area (Å²) in [5, 5.41) is 6.11. The molecule has 1 amide bonds. The number of likely N-dealkylation sites (N-methyl/N-ethyl adjacent to an activating group) is 1. The molecule has 1 aliphatic rings. The molecule has 0 saturated carbocycles. The monoisotopic (exact) mass is 228 g/mol. The number of hydrogen-bond acceptors (Lipinski definition) is 3. The van der Waals surface area contributed by atoms with Crippen LogP contribution in [-0.4, -0.2) is 37.2 Å². The number of ether oxygens (including phenoxy) is 1. The third-order valence-corrected chi connectivity index (χ3v) is 2.96. The lowest BCUT2D eigenvalue weighted by Crippen LogP contribution is -2.52. The number of carbonyl (C=O) groups excluding carboxylic acids is 1. The maximum absolute atomic E-state index is 11.8. The van der Waals surface area contributed by atoms with Crippen molar-refractivity contribution in [1.82, 2.24) is 10.6 Å². The smallest absolute Gasteiger partial charge is 0.239 e. The second kappa shape index (κ2) is 6.21. The van der Waals surface area contributed by atoms with Gasteiger partial charge in [-0.2, -0.15) is 0 Å². The fraction of sp³-hybridized carbons (Fsp3) is 0.917. The molecule has 16 heavy (non-hydrogen) atoms. The summed E-state index contributed by atoms with van der Waals surface area (Å²) in [6.07, 6.45) is 3.56. The minimum Gasteiger partial charge on any atom is -0.378 e. The van der Waals surface area contributed by atoms with E-state index in [0.717, 1.165) is 32.4 Å². The second-order valence-corrected chi connectivity index (χ2v) is 4.83. The van der Waals surface area contributed by atoms with Gasteiger partial charge in [-0.3, -0.25) is 4.79 Å². The quantitative estimate of drug-likeness (QED) is 0.714. The molecule has 1 fully saturated rings. The molecule has 1 atom stereocenters. The van der Waals surface area contributed by atoms with E-state index in [1.807, 2.05) is 20.8 Å². The van der Waals surface area contributed by atoms with Gasteiger partial charge in [0, 0.05) is 13.2 Å². The highest BCUT2D eigenvalue weighted by atomic mass is 16.5. The van der Waals surface area contributed by atoms with Crippen LogP contribution in [0.5, 0.6) is 0 Å². The normalized spacial score (nSPS) is 21.1. The molecular weight excluding hydrogens is 204 g/mol. The maximum Gasteiger partial charge on any atom is 0.239 e. The first kappa shape index (κ1) is 13.5. The van der Waals surface area contributed by atoms with Gasteiger partial charge in [0.1, 0.15) is 0 Å². The average molecular weight is 228 g/mol. The minimum absolute atomic E-state index is 0.0624. The van der Waals surface area contributed by atoms with Gasteiger partial charge in [-0.15, -0.1) is 0 Å². The van der Waals surface area contributed by atoms with Crippen molar-refractivity contribution in [2.45, 2.75) is 51.7 Å². The van der Waals surface area contributed by atoms with E-state index in [2.05, 4.69) is 10.6 Å². The third-order valence-electron chi connectivity index (χ3n) is 2.96. The van der Waals surface area contributed by atoms with Crippen LogP contribution in [0.2, 0.25) is 0 Å². The van der Waals surface area contributed by atoms with E-state index in [4.69, 9.17) is 4.74 Å². The fourth-order valence-corrected chi connectivity index (χ4v) is 1.96. The van der Waals surface area contributed by atoms with Gasteiger partial charge in [-0.05, 0) is 39.7 Å². The molecule has 1 heterocycles. The fourth-order valence-electron chi connectivity index (χ4n) is 1.96. The van der Waals surface area contributed by atoms with Crippen molar-refractivity contribution in [3.8, 4) is 0 Å². The number of carbonyl (C=O) groups is 1. The van der Waals surface area contributed by atoms with Crippen molar-refractivity contribution in [3.63, 3.8) is 0 Å². The van der Waals surface area contributed by atoms with Crippen LogP contribution in [0.1, 0.15) is 40.0 Å². The minimum atomic E-state index is -0.481. The van der Waals surface area contributed by atoms with Crippen molar-refractivity contribution >= 4 is 5.91 Å². The Bertz CT molecular complexity index is 223. The van der Waals surface area contributed by atoms with Gasteiger partial charge in [0.15, 0.2) is 0 Å². The van der Waals surface area contributed by atoms with Crippen LogP contribution in [0, 0.1) is 0 Å². The van der Waals surface area contributed by atoms with Crippen molar-refractivity contribution in [2.24, 2.45) is 0 Å². The molecule has 4 nitrogen and oxygen atoms in total. The Morgan fingerprint density at radius 2 is 2.25 bits per heavy atom. The summed E-state index contributed by atoms with van der Waals surface area (Å²) in [5.41, 5.74) is -0.481. The zero-order valence-electron chi connectivity index (χ0n) is 10.6. The summed E-state index contributed by atoms with van der Waals surface area (Å²) < 4.78 is 5.50. The van der Waals surface area contributed by atoms with E-state index in [-0.39, 0.29) is 5.91 Å². The molecule has 1 rings (SSSR count). The molecule has 1 saturated heterocycles. The molecule has 0 aromatic carbocycles. The summed E-state index contributed by atoms with van der Waals surface area (Å²) in [4.78, 5) is 11.8. The van der Waals surface area contributed by atoms with Crippen LogP contribution in [-0.2, 0) is 9.53 Å². The molecule has 4 heteroatoms. The Hall–Kier alpha value is -0.610. The standard InChI is InChI=1S/C12H24N2O2/c1-4-14-12(2,3)11(15)13-8-7-10-6-5-9-16-10/h10,14H,4-9H2,1-3H3,(H,13,15). The number of hydrogen-bond donors (Lipinski definition) is 2. The second-order valence-electron chi connectivity index (χ2n) is 4.83. The van der Waals surface area contributed by atoms with Gasteiger partial charge in [-0.1, -0.05) is 6.92 Å². The van der Waals surface area contributed by atoms with E-state index in [1.165, 1.54) is 0 Å². The van der Waals surface area contributed by atoms with E-state index in [1.54, 1.807) is 0 Å². The molecule has 1 aliphatic heterocycles. The highest BCUT2D eigenvalue weighted by Gasteiger charge is 2.26. The summed E-state index contributed by atoms with van der Waals surface area (Å²) in [7, 11) is 0. The van der Waals surface area contributed by atoms with Gasteiger partial charge in [0.25, 0.3) is 0 Å². The maximum atomic E-state index is 11.8. The van der Waals surface area contributed by atoms with Gasteiger partial charge < -0.3 is 15.4 Å². The SMILES string of the molecule is CCNC(C)(C)C(=O)NCCC1CCCO1. The van der Waals surface area contributed by atoms with Gasteiger partial charge >= 0.3 is 0 Å². The lowest BCUT2D eigenvalue weighted by Gasteiger charge is -2.24. The van der Waals surface area contributed by atoms with Crippen LogP contribution in [0.15, 0.2) is 0 Å². The summed E-state index contributed by atoms with van der Waals surface area (Å²) in [6, 6.07) is 0. The van der Waals surface area contributed by atoms with Crippen LogP contribution < -0.4 is 10.6 Å².